The van der Waals surface area contributed by atoms with E-state index < -0.39 is 11.7 Å². The fourth-order valence-corrected chi connectivity index (χ4v) is 2.63. The zero-order valence-electron chi connectivity index (χ0n) is 12.9. The lowest BCUT2D eigenvalue weighted by molar-refractivity contribution is -0.137. The Kier molecular flexibility index (Phi) is 7.73. The number of carbonyl (C=O) groups excluding carboxylic acids is 1. The molecular weight excluding hydrogens is 309 g/mol. The van der Waals surface area contributed by atoms with Crippen LogP contribution in [0.2, 0.25) is 0 Å². The van der Waals surface area contributed by atoms with Crippen molar-refractivity contribution in [2.24, 2.45) is 0 Å². The summed E-state index contributed by atoms with van der Waals surface area (Å²) in [6, 6.07) is 3.31. The van der Waals surface area contributed by atoms with E-state index in [2.05, 4.69) is 6.92 Å². The number of allylic oxidation sites excluding steroid dienone is 2. The molecular formula is C17H21F3OS. The lowest BCUT2D eigenvalue weighted by Gasteiger charge is -2.10. The maximum atomic E-state index is 12.8. The molecule has 0 spiro atoms. The van der Waals surface area contributed by atoms with Gasteiger partial charge >= 0.3 is 6.18 Å². The van der Waals surface area contributed by atoms with Gasteiger partial charge in [0.25, 0.3) is 0 Å². The number of hydrogen-bond acceptors (Lipinski definition) is 2. The second-order valence-electron chi connectivity index (χ2n) is 5.03. The molecule has 0 aliphatic heterocycles. The Hall–Kier alpha value is -1.23. The molecule has 1 nitrogen and oxygen atoms in total. The fourth-order valence-electron chi connectivity index (χ4n) is 2.05. The summed E-state index contributed by atoms with van der Waals surface area (Å²) in [6.07, 6.45) is 5.63. The number of rotatable bonds is 8. The molecule has 0 amide bonds. The first-order valence-electron chi connectivity index (χ1n) is 7.36. The predicted molar refractivity (Wildman–Crippen MR) is 85.5 cm³/mol. The Morgan fingerprint density at radius 1 is 1.23 bits per heavy atom. The summed E-state index contributed by atoms with van der Waals surface area (Å²) in [5, 5.41) is 0. The van der Waals surface area contributed by atoms with E-state index in [4.69, 9.17) is 0 Å². The van der Waals surface area contributed by atoms with Crippen LogP contribution in [0.5, 0.6) is 0 Å². The van der Waals surface area contributed by atoms with Crippen molar-refractivity contribution in [3.8, 4) is 0 Å². The van der Waals surface area contributed by atoms with Crippen LogP contribution in [0.4, 0.5) is 13.2 Å². The van der Waals surface area contributed by atoms with Gasteiger partial charge in [-0.15, -0.1) is 11.8 Å². The Balaban J connectivity index is 2.80. The fraction of sp³-hybridized carbons (Fsp3) is 0.471. The molecule has 0 N–H and O–H groups in total. The van der Waals surface area contributed by atoms with Crippen LogP contribution in [0.3, 0.4) is 0 Å². The quantitative estimate of drug-likeness (QED) is 0.246. The Morgan fingerprint density at radius 2 is 1.95 bits per heavy atom. The number of alkyl halides is 3. The molecule has 1 rings (SSSR count). The average Bonchev–Trinajstić information content (AvgIpc) is 2.49. The normalized spacial score (nSPS) is 12.0. The molecule has 0 heterocycles. The van der Waals surface area contributed by atoms with Crippen LogP contribution in [0, 0.1) is 0 Å². The molecule has 0 atom stereocenters. The molecule has 122 valence electrons. The van der Waals surface area contributed by atoms with Crippen LogP contribution in [0.15, 0.2) is 35.2 Å². The van der Waals surface area contributed by atoms with Gasteiger partial charge in [-0.1, -0.05) is 32.3 Å². The van der Waals surface area contributed by atoms with Gasteiger partial charge in [0.15, 0.2) is 5.78 Å². The lowest BCUT2D eigenvalue weighted by atomic mass is 10.1. The van der Waals surface area contributed by atoms with Crippen LogP contribution < -0.4 is 0 Å². The van der Waals surface area contributed by atoms with Crippen molar-refractivity contribution in [3.05, 3.63) is 41.5 Å². The second-order valence-corrected chi connectivity index (χ2v) is 5.88. The highest BCUT2D eigenvalue weighted by Crippen LogP contribution is 2.32. The second kappa shape index (κ2) is 9.03. The number of carbonyl (C=O) groups is 1. The minimum atomic E-state index is -4.43. The first-order chi connectivity index (χ1) is 10.4. The van der Waals surface area contributed by atoms with E-state index in [-0.39, 0.29) is 11.3 Å². The van der Waals surface area contributed by atoms with E-state index in [0.29, 0.717) is 4.90 Å². The van der Waals surface area contributed by atoms with Crippen molar-refractivity contribution >= 4 is 17.5 Å². The Morgan fingerprint density at radius 3 is 2.55 bits per heavy atom. The van der Waals surface area contributed by atoms with E-state index in [1.165, 1.54) is 23.9 Å². The molecule has 0 aliphatic rings. The van der Waals surface area contributed by atoms with Crippen molar-refractivity contribution in [1.82, 2.24) is 0 Å². The summed E-state index contributed by atoms with van der Waals surface area (Å²) >= 11 is 1.27. The predicted octanol–water partition coefficient (Wildman–Crippen LogP) is 6.14. The summed E-state index contributed by atoms with van der Waals surface area (Å²) in [7, 11) is 0. The molecule has 22 heavy (non-hydrogen) atoms. The third-order valence-electron chi connectivity index (χ3n) is 3.29. The standard InChI is InChI=1S/C17H21F3OS/c1-3-4-5-6-7-8-9-15(21)14-12-13(17(18,19)20)10-11-16(14)22-2/h8-12H,3-7H2,1-2H3/b9-8+. The zero-order chi connectivity index (χ0) is 16.6. The maximum Gasteiger partial charge on any atom is 0.416 e. The van der Waals surface area contributed by atoms with Gasteiger partial charge in [-0.25, -0.2) is 0 Å². The lowest BCUT2D eigenvalue weighted by Crippen LogP contribution is -2.07. The minimum absolute atomic E-state index is 0.118. The molecule has 0 bridgehead atoms. The maximum absolute atomic E-state index is 12.8. The largest absolute Gasteiger partial charge is 0.416 e. The molecule has 0 radical (unpaired) electrons. The van der Waals surface area contributed by atoms with Gasteiger partial charge in [0.1, 0.15) is 0 Å². The van der Waals surface area contributed by atoms with E-state index in [9.17, 15) is 18.0 Å². The van der Waals surface area contributed by atoms with Crippen molar-refractivity contribution < 1.29 is 18.0 Å². The first kappa shape index (κ1) is 18.8. The van der Waals surface area contributed by atoms with Gasteiger partial charge in [-0.3, -0.25) is 4.79 Å². The summed E-state index contributed by atoms with van der Waals surface area (Å²) < 4.78 is 38.3. The highest BCUT2D eigenvalue weighted by Gasteiger charge is 2.31. The van der Waals surface area contributed by atoms with Gasteiger partial charge in [0.2, 0.25) is 0 Å². The molecule has 1 aromatic rings. The van der Waals surface area contributed by atoms with Gasteiger partial charge in [-0.05, 0) is 43.4 Å². The molecule has 0 aliphatic carbocycles. The number of benzene rings is 1. The van der Waals surface area contributed by atoms with E-state index in [1.54, 1.807) is 12.3 Å². The monoisotopic (exact) mass is 330 g/mol. The number of thioether (sulfide) groups is 1. The number of ketones is 1. The van der Waals surface area contributed by atoms with Crippen molar-refractivity contribution in [3.63, 3.8) is 0 Å². The third-order valence-corrected chi connectivity index (χ3v) is 4.08. The van der Waals surface area contributed by atoms with Crippen molar-refractivity contribution in [1.29, 1.82) is 0 Å². The molecule has 1 aromatic carbocycles. The highest BCUT2D eigenvalue weighted by molar-refractivity contribution is 7.98. The Labute approximate surface area is 134 Å². The summed E-state index contributed by atoms with van der Waals surface area (Å²) in [6.45, 7) is 2.12. The SMILES string of the molecule is CCCCCC/C=C/C(=O)c1cc(C(F)(F)F)ccc1SC. The first-order valence-corrected chi connectivity index (χ1v) is 8.58. The molecule has 5 heteroatoms. The summed E-state index contributed by atoms with van der Waals surface area (Å²) in [5.41, 5.74) is -0.669. The zero-order valence-corrected chi connectivity index (χ0v) is 13.7. The van der Waals surface area contributed by atoms with Gasteiger partial charge in [0.05, 0.1) is 5.56 Å². The van der Waals surface area contributed by atoms with Gasteiger partial charge < -0.3 is 0 Å². The molecule has 0 fully saturated rings. The van der Waals surface area contributed by atoms with Crippen LogP contribution in [0.1, 0.15) is 54.9 Å². The van der Waals surface area contributed by atoms with Crippen LogP contribution in [0.25, 0.3) is 0 Å². The highest BCUT2D eigenvalue weighted by atomic mass is 32.2. The number of hydrogen-bond donors (Lipinski definition) is 0. The molecule has 0 aromatic heterocycles. The van der Waals surface area contributed by atoms with E-state index in [1.807, 2.05) is 0 Å². The molecule has 0 saturated carbocycles. The van der Waals surface area contributed by atoms with Crippen LogP contribution >= 0.6 is 11.8 Å². The van der Waals surface area contributed by atoms with Gasteiger partial charge in [0, 0.05) is 10.5 Å². The van der Waals surface area contributed by atoms with Crippen molar-refractivity contribution in [2.45, 2.75) is 50.1 Å². The number of unbranched alkanes of at least 4 members (excludes halogenated alkanes) is 4. The topological polar surface area (TPSA) is 17.1 Å². The van der Waals surface area contributed by atoms with E-state index >= 15 is 0 Å². The number of halogens is 3. The molecule has 0 unspecified atom stereocenters. The van der Waals surface area contributed by atoms with E-state index in [0.717, 1.165) is 44.2 Å². The smallest absolute Gasteiger partial charge is 0.289 e. The summed E-state index contributed by atoms with van der Waals surface area (Å²) in [5.74, 6) is -0.369. The Bertz CT molecular complexity index is 521. The van der Waals surface area contributed by atoms with Crippen LogP contribution in [-0.4, -0.2) is 12.0 Å². The average molecular weight is 330 g/mol. The molecule has 0 saturated heterocycles. The summed E-state index contributed by atoms with van der Waals surface area (Å²) in [4.78, 5) is 12.7. The van der Waals surface area contributed by atoms with Crippen LogP contribution in [-0.2, 0) is 6.18 Å². The van der Waals surface area contributed by atoms with Gasteiger partial charge in [-0.2, -0.15) is 13.2 Å². The minimum Gasteiger partial charge on any atom is -0.289 e. The third kappa shape index (κ3) is 5.87. The van der Waals surface area contributed by atoms with Crippen molar-refractivity contribution in [2.75, 3.05) is 6.26 Å².